The molecule has 28 heavy (non-hydrogen) atoms. The number of aromatic nitrogens is 1. The summed E-state index contributed by atoms with van der Waals surface area (Å²) >= 11 is 0. The summed E-state index contributed by atoms with van der Waals surface area (Å²) in [5.74, 6) is 1.35. The molecule has 5 heteroatoms. The molecular formula is C23H25N3O2. The molecule has 0 radical (unpaired) electrons. The maximum Gasteiger partial charge on any atom is 0.251 e. The van der Waals surface area contributed by atoms with Gasteiger partial charge in [0.2, 0.25) is 0 Å². The number of methoxy groups -OCH3 is 1. The summed E-state index contributed by atoms with van der Waals surface area (Å²) in [4.78, 5) is 16.8. The molecule has 0 fully saturated rings. The van der Waals surface area contributed by atoms with E-state index in [1.807, 2.05) is 43.3 Å². The molecule has 0 spiro atoms. The van der Waals surface area contributed by atoms with E-state index in [1.54, 1.807) is 25.4 Å². The molecule has 0 aliphatic heterocycles. The van der Waals surface area contributed by atoms with E-state index in [0.29, 0.717) is 24.3 Å². The Bertz CT molecular complexity index is 970. The molecule has 2 N–H and O–H groups in total. The van der Waals surface area contributed by atoms with Crippen LogP contribution in [-0.2, 0) is 6.42 Å². The highest BCUT2D eigenvalue weighted by atomic mass is 16.5. The Hall–Kier alpha value is -3.34. The lowest BCUT2D eigenvalue weighted by Gasteiger charge is -2.11. The lowest BCUT2D eigenvalue weighted by molar-refractivity contribution is 0.0954. The normalized spacial score (nSPS) is 10.4. The summed E-state index contributed by atoms with van der Waals surface area (Å²) in [6.45, 7) is 4.64. The average Bonchev–Trinajstić information content (AvgIpc) is 2.70. The maximum absolute atomic E-state index is 12.5. The Morgan fingerprint density at radius 1 is 1.07 bits per heavy atom. The van der Waals surface area contributed by atoms with Crippen molar-refractivity contribution in [1.29, 1.82) is 0 Å². The molecule has 0 atom stereocenters. The number of pyridine rings is 1. The molecule has 1 amide bonds. The molecule has 3 rings (SSSR count). The predicted octanol–water partition coefficient (Wildman–Crippen LogP) is 4.42. The van der Waals surface area contributed by atoms with E-state index < -0.39 is 0 Å². The van der Waals surface area contributed by atoms with Crippen molar-refractivity contribution in [3.63, 3.8) is 0 Å². The summed E-state index contributed by atoms with van der Waals surface area (Å²) in [5.41, 5.74) is 4.96. The minimum Gasteiger partial charge on any atom is -0.496 e. The average molecular weight is 375 g/mol. The Morgan fingerprint density at radius 3 is 2.68 bits per heavy atom. The summed E-state index contributed by atoms with van der Waals surface area (Å²) < 4.78 is 5.35. The van der Waals surface area contributed by atoms with Crippen LogP contribution in [0.2, 0.25) is 0 Å². The molecule has 5 nitrogen and oxygen atoms in total. The van der Waals surface area contributed by atoms with Gasteiger partial charge in [0.1, 0.15) is 11.6 Å². The number of ether oxygens (including phenoxy) is 1. The van der Waals surface area contributed by atoms with Crippen molar-refractivity contribution >= 4 is 17.4 Å². The first-order valence-corrected chi connectivity index (χ1v) is 9.27. The largest absolute Gasteiger partial charge is 0.496 e. The Morgan fingerprint density at radius 2 is 1.89 bits per heavy atom. The monoisotopic (exact) mass is 375 g/mol. The van der Waals surface area contributed by atoms with E-state index in [4.69, 9.17) is 4.74 Å². The van der Waals surface area contributed by atoms with Crippen LogP contribution in [0.1, 0.15) is 27.0 Å². The van der Waals surface area contributed by atoms with Crippen LogP contribution in [0.4, 0.5) is 11.5 Å². The second-order valence-corrected chi connectivity index (χ2v) is 6.69. The molecule has 0 saturated heterocycles. The van der Waals surface area contributed by atoms with Crippen molar-refractivity contribution in [3.05, 3.63) is 83.0 Å². The van der Waals surface area contributed by atoms with Gasteiger partial charge in [-0.05, 0) is 55.7 Å². The number of rotatable bonds is 7. The summed E-state index contributed by atoms with van der Waals surface area (Å²) in [6.07, 6.45) is 2.34. The van der Waals surface area contributed by atoms with Crippen LogP contribution in [-0.4, -0.2) is 24.5 Å². The molecule has 3 aromatic rings. The lowest BCUT2D eigenvalue weighted by atomic mass is 10.1. The molecule has 0 aliphatic carbocycles. The number of hydrogen-bond donors (Lipinski definition) is 2. The van der Waals surface area contributed by atoms with Gasteiger partial charge in [-0.1, -0.05) is 35.9 Å². The third-order valence-electron chi connectivity index (χ3n) is 4.54. The first kappa shape index (κ1) is 19.4. The highest BCUT2D eigenvalue weighted by Gasteiger charge is 2.09. The van der Waals surface area contributed by atoms with Gasteiger partial charge in [-0.3, -0.25) is 4.79 Å². The van der Waals surface area contributed by atoms with E-state index in [1.165, 1.54) is 5.56 Å². The van der Waals surface area contributed by atoms with E-state index in [-0.39, 0.29) is 5.91 Å². The van der Waals surface area contributed by atoms with E-state index in [9.17, 15) is 4.79 Å². The fourth-order valence-corrected chi connectivity index (χ4v) is 3.05. The first-order chi connectivity index (χ1) is 13.6. The Kier molecular flexibility index (Phi) is 6.27. The van der Waals surface area contributed by atoms with Gasteiger partial charge in [0, 0.05) is 24.0 Å². The van der Waals surface area contributed by atoms with Crippen molar-refractivity contribution in [2.75, 3.05) is 19.0 Å². The number of aryl methyl sites for hydroxylation is 2. The number of nitrogens with one attached hydrogen (secondary N) is 2. The molecule has 1 heterocycles. The van der Waals surface area contributed by atoms with E-state index in [0.717, 1.165) is 22.6 Å². The van der Waals surface area contributed by atoms with Gasteiger partial charge in [0.25, 0.3) is 5.91 Å². The number of anilines is 2. The van der Waals surface area contributed by atoms with Crippen molar-refractivity contribution in [1.82, 2.24) is 10.3 Å². The van der Waals surface area contributed by atoms with Crippen LogP contribution in [0.5, 0.6) is 5.75 Å². The Balaban J connectivity index is 1.62. The van der Waals surface area contributed by atoms with E-state index >= 15 is 0 Å². The van der Waals surface area contributed by atoms with Crippen LogP contribution in [0.3, 0.4) is 0 Å². The van der Waals surface area contributed by atoms with Crippen LogP contribution in [0, 0.1) is 13.8 Å². The lowest BCUT2D eigenvalue weighted by Crippen LogP contribution is -2.25. The summed E-state index contributed by atoms with van der Waals surface area (Å²) in [6, 6.07) is 17.5. The zero-order valence-corrected chi connectivity index (χ0v) is 16.5. The molecule has 0 bridgehead atoms. The Labute approximate surface area is 165 Å². The zero-order valence-electron chi connectivity index (χ0n) is 16.5. The fourth-order valence-electron chi connectivity index (χ4n) is 3.05. The quantitative estimate of drug-likeness (QED) is 0.641. The van der Waals surface area contributed by atoms with Gasteiger partial charge in [-0.15, -0.1) is 0 Å². The van der Waals surface area contributed by atoms with Crippen LogP contribution < -0.4 is 15.4 Å². The van der Waals surface area contributed by atoms with Gasteiger partial charge in [-0.25, -0.2) is 4.98 Å². The summed E-state index contributed by atoms with van der Waals surface area (Å²) in [5, 5.41) is 6.24. The highest BCUT2D eigenvalue weighted by molar-refractivity contribution is 5.94. The van der Waals surface area contributed by atoms with Gasteiger partial charge in [0.05, 0.1) is 7.11 Å². The fraction of sp³-hybridized carbons (Fsp3) is 0.217. The molecule has 0 unspecified atom stereocenters. The third kappa shape index (κ3) is 4.88. The molecule has 2 aromatic carbocycles. The topological polar surface area (TPSA) is 63.2 Å². The third-order valence-corrected chi connectivity index (χ3v) is 4.54. The molecule has 1 aromatic heterocycles. The van der Waals surface area contributed by atoms with Gasteiger partial charge >= 0.3 is 0 Å². The first-order valence-electron chi connectivity index (χ1n) is 9.27. The van der Waals surface area contributed by atoms with Gasteiger partial charge in [0.15, 0.2) is 0 Å². The number of hydrogen-bond acceptors (Lipinski definition) is 4. The second kappa shape index (κ2) is 9.04. The predicted molar refractivity (Wildman–Crippen MR) is 112 cm³/mol. The minimum absolute atomic E-state index is 0.124. The number of para-hydroxylation sites is 1. The number of nitrogens with zero attached hydrogens (tertiary/aromatic N) is 1. The maximum atomic E-state index is 12.5. The van der Waals surface area contributed by atoms with Crippen molar-refractivity contribution in [3.8, 4) is 5.75 Å². The van der Waals surface area contributed by atoms with Crippen molar-refractivity contribution < 1.29 is 9.53 Å². The van der Waals surface area contributed by atoms with Crippen LogP contribution in [0.15, 0.2) is 60.8 Å². The number of carbonyl (C=O) groups excluding carboxylic acids is 1. The number of amides is 1. The SMILES string of the molecule is COc1ccccc1CCNC(=O)c1ccnc(Nc2ccc(C)cc2C)c1. The molecule has 144 valence electrons. The van der Waals surface area contributed by atoms with Gasteiger partial charge in [-0.2, -0.15) is 0 Å². The molecule has 0 saturated carbocycles. The summed E-state index contributed by atoms with van der Waals surface area (Å²) in [7, 11) is 1.65. The molecular weight excluding hydrogens is 350 g/mol. The number of benzene rings is 2. The van der Waals surface area contributed by atoms with Crippen molar-refractivity contribution in [2.45, 2.75) is 20.3 Å². The van der Waals surface area contributed by atoms with Crippen LogP contribution >= 0.6 is 0 Å². The highest BCUT2D eigenvalue weighted by Crippen LogP contribution is 2.21. The van der Waals surface area contributed by atoms with Crippen molar-refractivity contribution in [2.24, 2.45) is 0 Å². The zero-order chi connectivity index (χ0) is 19.9. The molecule has 0 aliphatic rings. The second-order valence-electron chi connectivity index (χ2n) is 6.69. The standard InChI is InChI=1S/C23H25N3O2/c1-16-8-9-20(17(2)14-16)26-22-15-19(11-12-24-22)23(27)25-13-10-18-6-4-5-7-21(18)28-3/h4-9,11-12,14-15H,10,13H2,1-3H3,(H,24,26)(H,25,27). The van der Waals surface area contributed by atoms with E-state index in [2.05, 4.69) is 28.6 Å². The van der Waals surface area contributed by atoms with Crippen LogP contribution in [0.25, 0.3) is 0 Å². The smallest absolute Gasteiger partial charge is 0.251 e. The minimum atomic E-state index is -0.124. The van der Waals surface area contributed by atoms with Gasteiger partial charge < -0.3 is 15.4 Å². The number of carbonyl (C=O) groups is 1.